The van der Waals surface area contributed by atoms with Gasteiger partial charge in [0.25, 0.3) is 11.8 Å². The quantitative estimate of drug-likeness (QED) is 0.0630. The summed E-state index contributed by atoms with van der Waals surface area (Å²) in [6, 6.07) is 23.7. The highest BCUT2D eigenvalue weighted by atomic mass is 32.2. The van der Waals surface area contributed by atoms with Gasteiger partial charge in [-0.2, -0.15) is 10.5 Å². The standard InChI is InChI=1S/C26H27FN4O3S.C21H20FN5OS.C19H25FN2O2S/c1-16(2)34-24(32)12-23-31-26(10-4-3-5-18(26)15-35-23)20-11-19(7-8-21(20)27)30-25(33)22-9-6-17(13-28)14-29-22;22-17-6-5-15(26-19(28)18-7-4-13(10-23)11-25-18)9-16(17)21-8-2-1-3-14(21)12-29-20(24)27-21;1-12(2)24-18(23)10-17-22-19(8-4-3-5-13(19)11-25-17)15-9-14(21)6-7-16(15)20/h6-9,11,14,16,18H,3-5,10,12,15H2,1-2H3,(H,30,33);4-7,9,11,14H,1-3,8,12H2,(H2,24,27)(H,26,28);6-7,9,12-13H,3-5,8,10-11,21H2,1-2H3/t18-,26-;14-,21-;13-,19-/m000/s1. The maximum absolute atomic E-state index is 15.3. The fraction of sp³-hybridized carbons (Fsp3) is 0.439. The molecule has 2 amide bonds. The van der Waals surface area contributed by atoms with Gasteiger partial charge in [-0.25, -0.2) is 23.1 Å². The lowest BCUT2D eigenvalue weighted by molar-refractivity contribution is -0.146. The van der Waals surface area contributed by atoms with Gasteiger partial charge in [0, 0.05) is 63.4 Å². The first kappa shape index (κ1) is 65.7. The number of nitriles is 2. The fourth-order valence-electron chi connectivity index (χ4n) is 12.7. The van der Waals surface area contributed by atoms with Crippen molar-refractivity contribution in [2.24, 2.45) is 38.5 Å². The summed E-state index contributed by atoms with van der Waals surface area (Å²) in [6.45, 7) is 7.26. The molecule has 466 valence electrons. The van der Waals surface area contributed by atoms with Crippen LogP contribution in [0, 0.1) is 57.9 Å². The Balaban J connectivity index is 0.000000161. The summed E-state index contributed by atoms with van der Waals surface area (Å²) < 4.78 is 55.4. The number of aliphatic imine (C=N–C) groups is 3. The van der Waals surface area contributed by atoms with Gasteiger partial charge in [0.1, 0.15) is 41.0 Å². The van der Waals surface area contributed by atoms with Crippen LogP contribution in [-0.2, 0) is 35.7 Å². The number of halogens is 3. The topological polar surface area (TPSA) is 273 Å². The van der Waals surface area contributed by atoms with E-state index in [1.165, 1.54) is 78.8 Å². The Morgan fingerprint density at radius 2 is 0.955 bits per heavy atom. The van der Waals surface area contributed by atoms with Gasteiger partial charge in [-0.1, -0.05) is 50.3 Å². The molecule has 0 bridgehead atoms. The lowest BCUT2D eigenvalue weighted by Crippen LogP contribution is -2.43. The average Bonchev–Trinajstić information content (AvgIpc) is 0.821. The Hall–Kier alpha value is -7.73. The predicted molar refractivity (Wildman–Crippen MR) is 344 cm³/mol. The Bertz CT molecular complexity index is 3630. The number of amidine groups is 1. The number of esters is 2. The summed E-state index contributed by atoms with van der Waals surface area (Å²) in [5.74, 6) is 0.555. The van der Waals surface area contributed by atoms with Crippen LogP contribution in [0.3, 0.4) is 0 Å². The van der Waals surface area contributed by atoms with Crippen molar-refractivity contribution in [1.82, 2.24) is 9.97 Å². The van der Waals surface area contributed by atoms with E-state index < -0.39 is 28.4 Å². The van der Waals surface area contributed by atoms with E-state index in [1.807, 2.05) is 26.0 Å². The molecule has 6 N–H and O–H groups in total. The van der Waals surface area contributed by atoms with Crippen LogP contribution in [0.4, 0.5) is 30.2 Å². The monoisotopic (exact) mass is 1270 g/mol. The highest BCUT2D eigenvalue weighted by Gasteiger charge is 2.49. The van der Waals surface area contributed by atoms with Crippen LogP contribution in [0.5, 0.6) is 0 Å². The van der Waals surface area contributed by atoms with Crippen molar-refractivity contribution >= 4 is 91.4 Å². The summed E-state index contributed by atoms with van der Waals surface area (Å²) in [6.07, 6.45) is 13.8. The number of thioether (sulfide) groups is 3. The van der Waals surface area contributed by atoms with Crippen molar-refractivity contribution in [1.29, 1.82) is 10.5 Å². The Labute approximate surface area is 529 Å². The van der Waals surface area contributed by atoms with Crippen molar-refractivity contribution in [3.05, 3.63) is 148 Å². The molecule has 3 aliphatic carbocycles. The van der Waals surface area contributed by atoms with Gasteiger partial charge in [0.2, 0.25) is 0 Å². The minimum Gasteiger partial charge on any atom is -0.463 e. The first-order valence-electron chi connectivity index (χ1n) is 30.0. The van der Waals surface area contributed by atoms with Crippen LogP contribution < -0.4 is 22.1 Å². The SMILES string of the molecule is CC(C)OC(=O)CC1=N[C@@]2(c3cc(N)ccc3F)CCCC[C@H]2CS1.CC(C)OC(=O)CC1=N[C@@]2(c3cc(NC(=O)c4ccc(C#N)cn4)ccc3F)CCCC[C@H]2CS1.N#Cc1ccc(C(=O)Nc2ccc(F)c([C@]34CCCC[C@H]3CSC(N)=N4)c2)nc1. The summed E-state index contributed by atoms with van der Waals surface area (Å²) >= 11 is 4.67. The molecular formula is C66H72F3N11O6S3. The fourth-order valence-corrected chi connectivity index (χ4v) is 16.3. The van der Waals surface area contributed by atoms with E-state index in [9.17, 15) is 28.0 Å². The largest absolute Gasteiger partial charge is 0.463 e. The van der Waals surface area contributed by atoms with E-state index in [0.29, 0.717) is 61.5 Å². The molecule has 0 saturated heterocycles. The third-order valence-electron chi connectivity index (χ3n) is 16.8. The zero-order valence-corrected chi connectivity index (χ0v) is 52.6. The minimum atomic E-state index is -0.783. The molecule has 11 rings (SSSR count). The minimum absolute atomic E-state index is 0.0692. The van der Waals surface area contributed by atoms with Crippen LogP contribution in [0.2, 0.25) is 0 Å². The molecule has 3 aromatic carbocycles. The van der Waals surface area contributed by atoms with Crippen LogP contribution in [0.1, 0.15) is 166 Å². The van der Waals surface area contributed by atoms with E-state index in [1.54, 1.807) is 61.6 Å². The molecule has 3 aliphatic heterocycles. The van der Waals surface area contributed by atoms with Gasteiger partial charge in [0.15, 0.2) is 5.17 Å². The molecule has 5 aromatic rings. The highest BCUT2D eigenvalue weighted by Crippen LogP contribution is 2.53. The number of carbonyl (C=O) groups excluding carboxylic acids is 4. The zero-order valence-electron chi connectivity index (χ0n) is 50.2. The Morgan fingerprint density at radius 3 is 1.35 bits per heavy atom. The van der Waals surface area contributed by atoms with Gasteiger partial charge in [-0.15, -0.1) is 23.5 Å². The summed E-state index contributed by atoms with van der Waals surface area (Å²) in [5.41, 5.74) is 13.9. The number of carbonyl (C=O) groups is 4. The maximum atomic E-state index is 15.3. The second-order valence-corrected chi connectivity index (χ2v) is 26.8. The maximum Gasteiger partial charge on any atom is 0.312 e. The Morgan fingerprint density at radius 1 is 0.562 bits per heavy atom. The van der Waals surface area contributed by atoms with Gasteiger partial charge in [0.05, 0.1) is 62.9 Å². The van der Waals surface area contributed by atoms with Crippen LogP contribution >= 0.6 is 35.3 Å². The number of nitrogen functional groups attached to an aromatic ring is 1. The molecule has 0 spiro atoms. The van der Waals surface area contributed by atoms with E-state index >= 15 is 4.39 Å². The number of nitrogens with one attached hydrogen (secondary N) is 2. The molecule has 0 unspecified atom stereocenters. The highest BCUT2D eigenvalue weighted by molar-refractivity contribution is 8.14. The number of pyridine rings is 2. The predicted octanol–water partition coefficient (Wildman–Crippen LogP) is 13.3. The molecular weight excluding hydrogens is 1200 g/mol. The number of hydrogen-bond donors (Lipinski definition) is 4. The molecule has 6 atom stereocenters. The van der Waals surface area contributed by atoms with Crippen LogP contribution in [0.25, 0.3) is 0 Å². The third-order valence-corrected chi connectivity index (χ3v) is 20.0. The number of hydrogen-bond acceptors (Lipinski definition) is 18. The number of ether oxygens (including phenoxy) is 2. The van der Waals surface area contributed by atoms with Crippen molar-refractivity contribution in [3.63, 3.8) is 0 Å². The number of nitrogens with zero attached hydrogens (tertiary/aromatic N) is 7. The number of nitrogens with two attached hydrogens (primary N) is 2. The number of benzene rings is 3. The zero-order chi connectivity index (χ0) is 63.5. The molecule has 23 heteroatoms. The second-order valence-electron chi connectivity index (χ2n) is 23.6. The molecule has 3 saturated carbocycles. The molecule has 5 heterocycles. The molecule has 6 aliphatic rings. The van der Waals surface area contributed by atoms with Gasteiger partial charge >= 0.3 is 11.9 Å². The van der Waals surface area contributed by atoms with E-state index in [4.69, 9.17) is 46.4 Å². The average molecular weight is 1270 g/mol. The number of amides is 2. The third kappa shape index (κ3) is 15.6. The second kappa shape index (κ2) is 29.3. The van der Waals surface area contributed by atoms with Gasteiger partial charge < -0.3 is 31.6 Å². The number of fused-ring (bicyclic) bond motifs is 3. The van der Waals surface area contributed by atoms with Crippen LogP contribution in [0.15, 0.2) is 106 Å². The first-order valence-corrected chi connectivity index (χ1v) is 33.0. The summed E-state index contributed by atoms with van der Waals surface area (Å²) in [7, 11) is 0. The van der Waals surface area contributed by atoms with Crippen molar-refractivity contribution in [2.45, 2.75) is 146 Å². The summed E-state index contributed by atoms with van der Waals surface area (Å²) in [4.78, 5) is 72.2. The van der Waals surface area contributed by atoms with E-state index in [2.05, 4.69) is 20.6 Å². The lowest BCUT2D eigenvalue weighted by atomic mass is 9.69. The molecule has 89 heavy (non-hydrogen) atoms. The van der Waals surface area contributed by atoms with Gasteiger partial charge in [-0.3, -0.25) is 34.2 Å². The van der Waals surface area contributed by atoms with Crippen molar-refractivity contribution in [2.75, 3.05) is 33.6 Å². The summed E-state index contributed by atoms with van der Waals surface area (Å²) in [5, 5.41) is 25.2. The van der Waals surface area contributed by atoms with Crippen molar-refractivity contribution < 1.29 is 41.8 Å². The Kier molecular flexibility index (Phi) is 21.6. The number of aromatic nitrogens is 2. The molecule has 2 aromatic heterocycles. The van der Waals surface area contributed by atoms with Crippen LogP contribution in [-0.4, -0.2) is 78.4 Å². The normalized spacial score (nSPS) is 23.4. The molecule has 3 fully saturated rings. The van der Waals surface area contributed by atoms with E-state index in [-0.39, 0.29) is 83.6 Å². The van der Waals surface area contributed by atoms with Crippen molar-refractivity contribution in [3.8, 4) is 12.1 Å². The van der Waals surface area contributed by atoms with E-state index in [0.717, 1.165) is 92.9 Å². The number of rotatable bonds is 13. The lowest BCUT2D eigenvalue weighted by Gasteiger charge is -2.45. The molecule has 17 nitrogen and oxygen atoms in total. The first-order chi connectivity index (χ1) is 42.7. The molecule has 0 radical (unpaired) electrons. The smallest absolute Gasteiger partial charge is 0.312 e. The number of anilines is 3. The van der Waals surface area contributed by atoms with Gasteiger partial charge in [-0.05, 0) is 163 Å².